The summed E-state index contributed by atoms with van der Waals surface area (Å²) in [6.07, 6.45) is 1.36. The Balaban J connectivity index is 2.27. The monoisotopic (exact) mass is 260 g/mol. The predicted octanol–water partition coefficient (Wildman–Crippen LogP) is 0.997. The molecule has 0 amide bonds. The molecule has 2 aromatic rings. The van der Waals surface area contributed by atoms with Crippen molar-refractivity contribution < 1.29 is 4.74 Å². The van der Waals surface area contributed by atoms with Gasteiger partial charge >= 0.3 is 0 Å². The molecule has 100 valence electrons. The van der Waals surface area contributed by atoms with Crippen LogP contribution < -0.4 is 20.9 Å². The molecular formula is C13H16N4O2. The number of ether oxygens (including phenoxy) is 1. The van der Waals surface area contributed by atoms with Crippen LogP contribution in [0, 0.1) is 0 Å². The number of benzene rings is 1. The molecular weight excluding hydrogens is 244 g/mol. The SMILES string of the molecule is COc1c(N(C)Cc2cccc(N)c2)nc[nH]c1=O. The lowest BCUT2D eigenvalue weighted by Gasteiger charge is -2.19. The summed E-state index contributed by atoms with van der Waals surface area (Å²) < 4.78 is 5.09. The standard InChI is InChI=1S/C13H16N4O2/c1-17(7-9-4-3-5-10(14)6-9)12-11(19-2)13(18)16-8-15-12/h3-6,8H,7,14H2,1-2H3,(H,15,16,18). The first-order valence-corrected chi connectivity index (χ1v) is 5.79. The van der Waals surface area contributed by atoms with Gasteiger partial charge in [0.2, 0.25) is 5.75 Å². The third-order valence-electron chi connectivity index (χ3n) is 2.73. The number of H-pyrrole nitrogens is 1. The molecule has 1 aromatic heterocycles. The summed E-state index contributed by atoms with van der Waals surface area (Å²) in [6, 6.07) is 7.57. The first-order chi connectivity index (χ1) is 9.11. The molecule has 6 nitrogen and oxygen atoms in total. The Kier molecular flexibility index (Phi) is 3.70. The topological polar surface area (TPSA) is 84.2 Å². The van der Waals surface area contributed by atoms with Gasteiger partial charge in [-0.25, -0.2) is 4.98 Å². The molecule has 6 heteroatoms. The highest BCUT2D eigenvalue weighted by atomic mass is 16.5. The molecule has 0 spiro atoms. The van der Waals surface area contributed by atoms with Gasteiger partial charge in [0.1, 0.15) is 0 Å². The second-order valence-electron chi connectivity index (χ2n) is 4.19. The molecule has 0 aliphatic heterocycles. The third-order valence-corrected chi connectivity index (χ3v) is 2.73. The van der Waals surface area contributed by atoms with Gasteiger partial charge in [-0.2, -0.15) is 0 Å². The summed E-state index contributed by atoms with van der Waals surface area (Å²) in [4.78, 5) is 20.1. The van der Waals surface area contributed by atoms with E-state index < -0.39 is 0 Å². The predicted molar refractivity (Wildman–Crippen MR) is 74.4 cm³/mol. The minimum absolute atomic E-state index is 0.203. The zero-order valence-electron chi connectivity index (χ0n) is 10.9. The van der Waals surface area contributed by atoms with Crippen LogP contribution >= 0.6 is 0 Å². The fourth-order valence-corrected chi connectivity index (χ4v) is 1.87. The van der Waals surface area contributed by atoms with Crippen molar-refractivity contribution in [1.82, 2.24) is 9.97 Å². The van der Waals surface area contributed by atoms with Gasteiger partial charge < -0.3 is 20.4 Å². The van der Waals surface area contributed by atoms with E-state index in [9.17, 15) is 4.79 Å². The van der Waals surface area contributed by atoms with Crippen molar-refractivity contribution in [2.24, 2.45) is 0 Å². The summed E-state index contributed by atoms with van der Waals surface area (Å²) in [6.45, 7) is 0.581. The van der Waals surface area contributed by atoms with Gasteiger partial charge in [-0.3, -0.25) is 4.79 Å². The number of nitrogens with two attached hydrogens (primary N) is 1. The Morgan fingerprint density at radius 2 is 2.26 bits per heavy atom. The van der Waals surface area contributed by atoms with Crippen molar-refractivity contribution in [3.8, 4) is 5.75 Å². The quantitative estimate of drug-likeness (QED) is 0.801. The van der Waals surface area contributed by atoms with Gasteiger partial charge in [-0.05, 0) is 17.7 Å². The van der Waals surface area contributed by atoms with E-state index in [1.165, 1.54) is 13.4 Å². The molecule has 1 aromatic carbocycles. The Hall–Kier alpha value is -2.50. The molecule has 3 N–H and O–H groups in total. The van der Waals surface area contributed by atoms with Gasteiger partial charge in [-0.15, -0.1) is 0 Å². The molecule has 0 atom stereocenters. The summed E-state index contributed by atoms with van der Waals surface area (Å²) in [5.41, 5.74) is 7.18. The van der Waals surface area contributed by atoms with E-state index in [1.54, 1.807) is 0 Å². The first-order valence-electron chi connectivity index (χ1n) is 5.79. The molecule has 1 heterocycles. The number of hydrogen-bond donors (Lipinski definition) is 2. The van der Waals surface area contributed by atoms with Gasteiger partial charge in [0.25, 0.3) is 5.56 Å². The van der Waals surface area contributed by atoms with Gasteiger partial charge in [0, 0.05) is 19.3 Å². The number of hydrogen-bond acceptors (Lipinski definition) is 5. The Morgan fingerprint density at radius 3 is 2.95 bits per heavy atom. The molecule has 19 heavy (non-hydrogen) atoms. The maximum Gasteiger partial charge on any atom is 0.295 e. The van der Waals surface area contributed by atoms with Crippen LogP contribution in [0.5, 0.6) is 5.75 Å². The highest BCUT2D eigenvalue weighted by Gasteiger charge is 2.13. The Labute approximate surface area is 110 Å². The molecule has 0 aliphatic rings. The summed E-state index contributed by atoms with van der Waals surface area (Å²) in [5.74, 6) is 0.697. The van der Waals surface area contributed by atoms with E-state index in [4.69, 9.17) is 10.5 Å². The smallest absolute Gasteiger partial charge is 0.295 e. The number of methoxy groups -OCH3 is 1. The largest absolute Gasteiger partial charge is 0.489 e. The van der Waals surface area contributed by atoms with Crippen molar-refractivity contribution in [3.63, 3.8) is 0 Å². The number of nitrogens with one attached hydrogen (secondary N) is 1. The normalized spacial score (nSPS) is 10.2. The van der Waals surface area contributed by atoms with Crippen LogP contribution in [0.15, 0.2) is 35.4 Å². The van der Waals surface area contributed by atoms with E-state index in [-0.39, 0.29) is 11.3 Å². The molecule has 0 saturated carbocycles. The van der Waals surface area contributed by atoms with Crippen LogP contribution in [0.2, 0.25) is 0 Å². The van der Waals surface area contributed by atoms with Gasteiger partial charge in [-0.1, -0.05) is 12.1 Å². The average Bonchev–Trinajstić information content (AvgIpc) is 2.38. The van der Waals surface area contributed by atoms with Gasteiger partial charge in [0.05, 0.1) is 13.4 Å². The van der Waals surface area contributed by atoms with E-state index in [0.717, 1.165) is 5.56 Å². The van der Waals surface area contributed by atoms with Crippen LogP contribution in [-0.2, 0) is 6.54 Å². The lowest BCUT2D eigenvalue weighted by atomic mass is 10.2. The Morgan fingerprint density at radius 1 is 1.47 bits per heavy atom. The molecule has 0 aliphatic carbocycles. The molecule has 0 bridgehead atoms. The molecule has 2 rings (SSSR count). The minimum atomic E-state index is -0.299. The van der Waals surface area contributed by atoms with E-state index in [0.29, 0.717) is 18.1 Å². The zero-order valence-corrected chi connectivity index (χ0v) is 10.9. The number of rotatable bonds is 4. The fraction of sp³-hybridized carbons (Fsp3) is 0.231. The van der Waals surface area contributed by atoms with E-state index >= 15 is 0 Å². The maximum absolute atomic E-state index is 11.6. The van der Waals surface area contributed by atoms with E-state index in [1.807, 2.05) is 36.2 Å². The van der Waals surface area contributed by atoms with Crippen molar-refractivity contribution in [2.45, 2.75) is 6.54 Å². The van der Waals surface area contributed by atoms with Gasteiger partial charge in [0.15, 0.2) is 5.82 Å². The number of anilines is 2. The van der Waals surface area contributed by atoms with Crippen molar-refractivity contribution in [1.29, 1.82) is 0 Å². The maximum atomic E-state index is 11.6. The lowest BCUT2D eigenvalue weighted by Crippen LogP contribution is -2.22. The van der Waals surface area contributed by atoms with Crippen LogP contribution in [0.3, 0.4) is 0 Å². The number of nitrogens with zero attached hydrogens (tertiary/aromatic N) is 2. The second-order valence-corrected chi connectivity index (χ2v) is 4.19. The first kappa shape index (κ1) is 12.9. The lowest BCUT2D eigenvalue weighted by molar-refractivity contribution is 0.406. The summed E-state index contributed by atoms with van der Waals surface area (Å²) >= 11 is 0. The second kappa shape index (κ2) is 5.43. The molecule has 0 saturated heterocycles. The highest BCUT2D eigenvalue weighted by molar-refractivity contribution is 5.51. The molecule has 0 fully saturated rings. The average molecular weight is 260 g/mol. The van der Waals surface area contributed by atoms with Crippen LogP contribution in [-0.4, -0.2) is 24.1 Å². The summed E-state index contributed by atoms with van der Waals surface area (Å²) in [7, 11) is 3.29. The van der Waals surface area contributed by atoms with Crippen molar-refractivity contribution in [3.05, 3.63) is 46.5 Å². The summed E-state index contributed by atoms with van der Waals surface area (Å²) in [5, 5.41) is 0. The van der Waals surface area contributed by atoms with Crippen molar-refractivity contribution >= 4 is 11.5 Å². The number of aromatic amines is 1. The molecule has 0 unspecified atom stereocenters. The fourth-order valence-electron chi connectivity index (χ4n) is 1.87. The third kappa shape index (κ3) is 2.85. The number of nitrogen functional groups attached to an aromatic ring is 1. The van der Waals surface area contributed by atoms with Crippen LogP contribution in [0.4, 0.5) is 11.5 Å². The van der Waals surface area contributed by atoms with Crippen LogP contribution in [0.1, 0.15) is 5.56 Å². The minimum Gasteiger partial charge on any atom is -0.489 e. The number of aromatic nitrogens is 2. The van der Waals surface area contributed by atoms with Crippen LogP contribution in [0.25, 0.3) is 0 Å². The van der Waals surface area contributed by atoms with E-state index in [2.05, 4.69) is 9.97 Å². The Bertz CT molecular complexity index is 624. The highest BCUT2D eigenvalue weighted by Crippen LogP contribution is 2.21. The van der Waals surface area contributed by atoms with Crippen molar-refractivity contribution in [2.75, 3.05) is 24.8 Å². The molecule has 0 radical (unpaired) electrons. The zero-order chi connectivity index (χ0) is 13.8.